The fourth-order valence-electron chi connectivity index (χ4n) is 3.14. The largest absolute Gasteiger partial charge is 0.493 e. The molecule has 31 heavy (non-hydrogen) atoms. The van der Waals surface area contributed by atoms with E-state index in [1.54, 1.807) is 0 Å². The molecule has 1 N–H and O–H groups in total. The van der Waals surface area contributed by atoms with Crippen LogP contribution in [0, 0.1) is 11.6 Å². The van der Waals surface area contributed by atoms with Gasteiger partial charge in [-0.05, 0) is 31.0 Å². The number of rotatable bonds is 10. The predicted molar refractivity (Wildman–Crippen MR) is 109 cm³/mol. The molecule has 1 amide bonds. The smallest absolute Gasteiger partial charge is 0.240 e. The Labute approximate surface area is 180 Å². The summed E-state index contributed by atoms with van der Waals surface area (Å²) < 4.78 is 64.8. The third kappa shape index (κ3) is 5.71. The molecule has 1 aliphatic rings. The number of amides is 1. The summed E-state index contributed by atoms with van der Waals surface area (Å²) >= 11 is 0. The van der Waals surface area contributed by atoms with Gasteiger partial charge in [-0.15, -0.1) is 0 Å². The summed E-state index contributed by atoms with van der Waals surface area (Å²) in [6.45, 7) is -0.108. The molecule has 1 aliphatic carbocycles. The third-order valence-electron chi connectivity index (χ3n) is 4.96. The summed E-state index contributed by atoms with van der Waals surface area (Å²) in [6.07, 6.45) is 1.50. The highest BCUT2D eigenvalue weighted by Gasteiger charge is 2.33. The van der Waals surface area contributed by atoms with E-state index in [0.717, 1.165) is 25.0 Å². The van der Waals surface area contributed by atoms with E-state index in [2.05, 4.69) is 4.72 Å². The van der Waals surface area contributed by atoms with Gasteiger partial charge >= 0.3 is 0 Å². The van der Waals surface area contributed by atoms with Crippen molar-refractivity contribution in [2.24, 2.45) is 0 Å². The van der Waals surface area contributed by atoms with E-state index in [1.165, 1.54) is 43.4 Å². The predicted octanol–water partition coefficient (Wildman–Crippen LogP) is 2.84. The number of carbonyl (C=O) groups is 1. The van der Waals surface area contributed by atoms with Crippen LogP contribution in [-0.2, 0) is 21.4 Å². The first-order valence-electron chi connectivity index (χ1n) is 9.70. The molecule has 1 saturated carbocycles. The number of ether oxygens (including phenoxy) is 2. The molecule has 0 bridgehead atoms. The Kier molecular flexibility index (Phi) is 7.11. The average molecular weight is 454 g/mol. The molecule has 168 valence electrons. The fraction of sp³-hybridized carbons (Fsp3) is 0.381. The number of carbonyl (C=O) groups excluding carboxylic acids is 1. The minimum absolute atomic E-state index is 0.0119. The van der Waals surface area contributed by atoms with E-state index >= 15 is 0 Å². The maximum Gasteiger partial charge on any atom is 0.240 e. The van der Waals surface area contributed by atoms with Crippen LogP contribution in [0.3, 0.4) is 0 Å². The summed E-state index contributed by atoms with van der Waals surface area (Å²) in [5.74, 6) is -1.05. The molecule has 0 radical (unpaired) electrons. The van der Waals surface area contributed by atoms with Crippen LogP contribution in [0.1, 0.15) is 24.8 Å². The Morgan fingerprint density at radius 2 is 1.81 bits per heavy atom. The standard InChI is InChI=1S/C21H24F2N2O5S/c1-29-19-8-7-17(12-20(19)30-2)31(27,28)24-10-9-21(26)25(16-5-6-16)13-14-3-4-15(22)11-18(14)23/h3-4,7-8,11-12,16,24H,5-6,9-10,13H2,1-2H3. The molecule has 0 atom stereocenters. The lowest BCUT2D eigenvalue weighted by Gasteiger charge is -2.23. The summed E-state index contributed by atoms with van der Waals surface area (Å²) in [7, 11) is -1.03. The van der Waals surface area contributed by atoms with Gasteiger partial charge in [-0.3, -0.25) is 4.79 Å². The number of hydrogen-bond donors (Lipinski definition) is 1. The van der Waals surface area contributed by atoms with Crippen molar-refractivity contribution in [3.63, 3.8) is 0 Å². The molecule has 10 heteroatoms. The van der Waals surface area contributed by atoms with Gasteiger partial charge in [0.1, 0.15) is 11.6 Å². The molecule has 3 rings (SSSR count). The van der Waals surface area contributed by atoms with Crippen molar-refractivity contribution in [3.8, 4) is 11.5 Å². The van der Waals surface area contributed by atoms with Gasteiger partial charge < -0.3 is 14.4 Å². The summed E-state index contributed by atoms with van der Waals surface area (Å²) in [4.78, 5) is 14.2. The van der Waals surface area contributed by atoms with E-state index in [9.17, 15) is 22.0 Å². The number of sulfonamides is 1. The Morgan fingerprint density at radius 1 is 1.10 bits per heavy atom. The first kappa shape index (κ1) is 23.0. The molecule has 1 fully saturated rings. The molecule has 0 aliphatic heterocycles. The van der Waals surface area contributed by atoms with E-state index in [-0.39, 0.29) is 47.7 Å². The van der Waals surface area contributed by atoms with Gasteiger partial charge in [-0.25, -0.2) is 21.9 Å². The zero-order chi connectivity index (χ0) is 22.6. The lowest BCUT2D eigenvalue weighted by Crippen LogP contribution is -2.36. The third-order valence-corrected chi connectivity index (χ3v) is 6.42. The van der Waals surface area contributed by atoms with Crippen molar-refractivity contribution in [2.45, 2.75) is 36.7 Å². The topological polar surface area (TPSA) is 84.9 Å². The van der Waals surface area contributed by atoms with E-state index in [4.69, 9.17) is 9.47 Å². The first-order chi connectivity index (χ1) is 14.7. The van der Waals surface area contributed by atoms with Crippen molar-refractivity contribution in [1.82, 2.24) is 9.62 Å². The number of nitrogens with zero attached hydrogens (tertiary/aromatic N) is 1. The van der Waals surface area contributed by atoms with Gasteiger partial charge in [0.05, 0.1) is 19.1 Å². The molecular weight excluding hydrogens is 430 g/mol. The van der Waals surface area contributed by atoms with Crippen molar-refractivity contribution in [3.05, 3.63) is 53.6 Å². The maximum atomic E-state index is 14.0. The molecule has 2 aromatic rings. The SMILES string of the molecule is COc1ccc(S(=O)(=O)NCCC(=O)N(Cc2ccc(F)cc2F)C2CC2)cc1OC. The second-order valence-corrected chi connectivity index (χ2v) is 8.92. The van der Waals surface area contributed by atoms with Crippen LogP contribution < -0.4 is 14.2 Å². The van der Waals surface area contributed by atoms with Crippen LogP contribution in [-0.4, -0.2) is 46.0 Å². The van der Waals surface area contributed by atoms with E-state index in [0.29, 0.717) is 5.75 Å². The Hall–Kier alpha value is -2.72. The monoisotopic (exact) mass is 454 g/mol. The van der Waals surface area contributed by atoms with E-state index in [1.807, 2.05) is 0 Å². The Morgan fingerprint density at radius 3 is 2.42 bits per heavy atom. The normalized spacial score (nSPS) is 13.7. The molecule has 0 aromatic heterocycles. The zero-order valence-corrected chi connectivity index (χ0v) is 18.0. The number of methoxy groups -OCH3 is 2. The van der Waals surface area contributed by atoms with Crippen molar-refractivity contribution in [1.29, 1.82) is 0 Å². The molecular formula is C21H24F2N2O5S. The minimum Gasteiger partial charge on any atom is -0.493 e. The van der Waals surface area contributed by atoms with Gasteiger partial charge in [0.25, 0.3) is 0 Å². The Bertz CT molecular complexity index is 1060. The van der Waals surface area contributed by atoms with Crippen LogP contribution in [0.5, 0.6) is 11.5 Å². The van der Waals surface area contributed by atoms with Gasteiger partial charge in [0.15, 0.2) is 11.5 Å². The van der Waals surface area contributed by atoms with Crippen molar-refractivity contribution in [2.75, 3.05) is 20.8 Å². The minimum atomic E-state index is -3.87. The van der Waals surface area contributed by atoms with Crippen LogP contribution in [0.4, 0.5) is 8.78 Å². The van der Waals surface area contributed by atoms with E-state index < -0.39 is 21.7 Å². The van der Waals surface area contributed by atoms with Crippen LogP contribution in [0.15, 0.2) is 41.3 Å². The van der Waals surface area contributed by atoms with Gasteiger partial charge in [-0.1, -0.05) is 6.07 Å². The second kappa shape index (κ2) is 9.61. The number of nitrogens with one attached hydrogen (secondary N) is 1. The van der Waals surface area contributed by atoms with Crippen LogP contribution >= 0.6 is 0 Å². The summed E-state index contributed by atoms with van der Waals surface area (Å²) in [5.41, 5.74) is 0.215. The van der Waals surface area contributed by atoms with Gasteiger partial charge in [0, 0.05) is 43.2 Å². The van der Waals surface area contributed by atoms with Crippen LogP contribution in [0.2, 0.25) is 0 Å². The quantitative estimate of drug-likeness (QED) is 0.597. The molecule has 0 spiro atoms. The fourth-order valence-corrected chi connectivity index (χ4v) is 4.19. The highest BCUT2D eigenvalue weighted by atomic mass is 32.2. The molecule has 0 heterocycles. The number of benzene rings is 2. The Balaban J connectivity index is 1.62. The molecule has 0 unspecified atom stereocenters. The molecule has 2 aromatic carbocycles. The summed E-state index contributed by atoms with van der Waals surface area (Å²) in [5, 5.41) is 0. The van der Waals surface area contributed by atoms with Crippen molar-refractivity contribution >= 4 is 15.9 Å². The first-order valence-corrected chi connectivity index (χ1v) is 11.2. The number of halogens is 2. The van der Waals surface area contributed by atoms with Crippen molar-refractivity contribution < 1.29 is 31.5 Å². The summed E-state index contributed by atoms with van der Waals surface area (Å²) in [6, 6.07) is 7.40. The lowest BCUT2D eigenvalue weighted by molar-refractivity contribution is -0.132. The highest BCUT2D eigenvalue weighted by molar-refractivity contribution is 7.89. The molecule has 7 nitrogen and oxygen atoms in total. The van der Waals surface area contributed by atoms with Gasteiger partial charge in [-0.2, -0.15) is 0 Å². The number of hydrogen-bond acceptors (Lipinski definition) is 5. The molecule has 0 saturated heterocycles. The zero-order valence-electron chi connectivity index (χ0n) is 17.2. The van der Waals surface area contributed by atoms with Crippen LogP contribution in [0.25, 0.3) is 0 Å². The maximum absolute atomic E-state index is 14.0. The second-order valence-electron chi connectivity index (χ2n) is 7.15. The lowest BCUT2D eigenvalue weighted by atomic mass is 10.2. The highest BCUT2D eigenvalue weighted by Crippen LogP contribution is 2.30. The van der Waals surface area contributed by atoms with Gasteiger partial charge in [0.2, 0.25) is 15.9 Å². The average Bonchev–Trinajstić information content (AvgIpc) is 3.57.